The molecule has 0 saturated heterocycles. The number of aromatic nitrogens is 3. The fourth-order valence-electron chi connectivity index (χ4n) is 2.62. The number of nitrogens with zero attached hydrogens (tertiary/aromatic N) is 3. The lowest BCUT2D eigenvalue weighted by Gasteiger charge is -2.14. The minimum atomic E-state index is -0.272. The van der Waals surface area contributed by atoms with Crippen molar-refractivity contribution >= 4 is 5.91 Å². The van der Waals surface area contributed by atoms with E-state index in [9.17, 15) is 4.79 Å². The molecule has 0 saturated carbocycles. The molecule has 1 aromatic carbocycles. The van der Waals surface area contributed by atoms with E-state index in [1.54, 1.807) is 13.0 Å². The molecule has 0 aliphatic rings. The quantitative estimate of drug-likeness (QED) is 0.799. The predicted octanol–water partition coefficient (Wildman–Crippen LogP) is 3.28. The van der Waals surface area contributed by atoms with Gasteiger partial charge in [-0.15, -0.1) is 0 Å². The number of amides is 1. The van der Waals surface area contributed by atoms with Crippen LogP contribution in [0.1, 0.15) is 46.2 Å². The summed E-state index contributed by atoms with van der Waals surface area (Å²) in [7, 11) is 0. The zero-order valence-electron chi connectivity index (χ0n) is 14.2. The van der Waals surface area contributed by atoms with Crippen LogP contribution in [0.2, 0.25) is 0 Å². The fraction of sp³-hybridized carbons (Fsp3) is 0.278. The molecule has 6 heteroatoms. The molecule has 0 unspecified atom stereocenters. The molecule has 2 aromatic heterocycles. The van der Waals surface area contributed by atoms with Gasteiger partial charge in [-0.05, 0) is 51.5 Å². The Kier molecular flexibility index (Phi) is 4.20. The van der Waals surface area contributed by atoms with E-state index >= 15 is 0 Å². The molecule has 24 heavy (non-hydrogen) atoms. The van der Waals surface area contributed by atoms with Crippen molar-refractivity contribution in [3.63, 3.8) is 0 Å². The van der Waals surface area contributed by atoms with Gasteiger partial charge in [-0.1, -0.05) is 17.3 Å². The molecule has 124 valence electrons. The third-order valence-corrected chi connectivity index (χ3v) is 3.85. The normalized spacial score (nSPS) is 12.2. The topological polar surface area (TPSA) is 73.0 Å². The Balaban J connectivity index is 1.73. The van der Waals surface area contributed by atoms with Gasteiger partial charge in [-0.25, -0.2) is 4.68 Å². The van der Waals surface area contributed by atoms with Crippen molar-refractivity contribution in [2.24, 2.45) is 0 Å². The number of aryl methyl sites for hydroxylation is 3. The zero-order valence-corrected chi connectivity index (χ0v) is 14.2. The molecule has 0 radical (unpaired) electrons. The Hall–Kier alpha value is -2.89. The summed E-state index contributed by atoms with van der Waals surface area (Å²) >= 11 is 0. The van der Waals surface area contributed by atoms with E-state index in [2.05, 4.69) is 15.6 Å². The van der Waals surface area contributed by atoms with Gasteiger partial charge in [0.2, 0.25) is 5.76 Å². The summed E-state index contributed by atoms with van der Waals surface area (Å²) in [5.74, 6) is -0.0515. The number of rotatable bonds is 4. The second-order valence-electron chi connectivity index (χ2n) is 5.96. The average Bonchev–Trinajstić information content (AvgIpc) is 3.13. The highest BCUT2D eigenvalue weighted by Crippen LogP contribution is 2.18. The van der Waals surface area contributed by atoms with Gasteiger partial charge in [0.25, 0.3) is 5.91 Å². The van der Waals surface area contributed by atoms with E-state index in [0.29, 0.717) is 5.69 Å². The van der Waals surface area contributed by atoms with Crippen LogP contribution >= 0.6 is 0 Å². The van der Waals surface area contributed by atoms with Crippen molar-refractivity contribution in [1.29, 1.82) is 0 Å². The van der Waals surface area contributed by atoms with Gasteiger partial charge in [-0.2, -0.15) is 5.10 Å². The van der Waals surface area contributed by atoms with Crippen LogP contribution in [0.4, 0.5) is 0 Å². The summed E-state index contributed by atoms with van der Waals surface area (Å²) in [6.45, 7) is 7.71. The van der Waals surface area contributed by atoms with Crippen LogP contribution < -0.4 is 5.32 Å². The predicted molar refractivity (Wildman–Crippen MR) is 90.2 cm³/mol. The van der Waals surface area contributed by atoms with Crippen LogP contribution in [0.5, 0.6) is 0 Å². The second kappa shape index (κ2) is 6.31. The number of hydrogen-bond acceptors (Lipinski definition) is 4. The number of carbonyl (C=O) groups excluding carboxylic acids is 1. The molecule has 3 rings (SSSR count). The monoisotopic (exact) mass is 324 g/mol. The summed E-state index contributed by atoms with van der Waals surface area (Å²) in [5.41, 5.74) is 4.75. The lowest BCUT2D eigenvalue weighted by atomic mass is 10.1. The minimum Gasteiger partial charge on any atom is -0.351 e. The van der Waals surface area contributed by atoms with Crippen LogP contribution in [0.3, 0.4) is 0 Å². The maximum Gasteiger partial charge on any atom is 0.290 e. The molecule has 2 heterocycles. The summed E-state index contributed by atoms with van der Waals surface area (Å²) < 4.78 is 6.88. The van der Waals surface area contributed by atoms with E-state index in [4.69, 9.17) is 4.52 Å². The Morgan fingerprint density at radius 3 is 2.38 bits per heavy atom. The maximum atomic E-state index is 12.1. The Labute approximate surface area is 140 Å². The van der Waals surface area contributed by atoms with E-state index in [1.807, 2.05) is 55.8 Å². The third-order valence-electron chi connectivity index (χ3n) is 3.85. The van der Waals surface area contributed by atoms with Gasteiger partial charge in [0.15, 0.2) is 0 Å². The largest absolute Gasteiger partial charge is 0.351 e. The van der Waals surface area contributed by atoms with Gasteiger partial charge < -0.3 is 9.84 Å². The molecule has 1 atom stereocenters. The highest BCUT2D eigenvalue weighted by molar-refractivity contribution is 5.91. The first kappa shape index (κ1) is 16.0. The molecule has 0 aliphatic carbocycles. The number of carbonyl (C=O) groups is 1. The van der Waals surface area contributed by atoms with Gasteiger partial charge in [0.1, 0.15) is 0 Å². The van der Waals surface area contributed by atoms with Crippen LogP contribution in [0.25, 0.3) is 5.69 Å². The molecular formula is C18H20N4O2. The first-order chi connectivity index (χ1) is 11.4. The minimum absolute atomic E-state index is 0.141. The molecule has 0 fully saturated rings. The van der Waals surface area contributed by atoms with Crippen molar-refractivity contribution in [3.05, 3.63) is 64.8 Å². The zero-order chi connectivity index (χ0) is 17.3. The lowest BCUT2D eigenvalue weighted by molar-refractivity contribution is 0.0902. The first-order valence-electron chi connectivity index (χ1n) is 7.82. The summed E-state index contributed by atoms with van der Waals surface area (Å²) in [6.07, 6.45) is 0. The van der Waals surface area contributed by atoms with Crippen molar-refractivity contribution in [2.45, 2.75) is 33.7 Å². The standard InChI is InChI=1S/C18H20N4O2/c1-11-9-13(3)22(20-11)16-7-5-15(6-8-16)14(4)19-18(23)17-10-12(2)21-24-17/h5-10,14H,1-4H3,(H,19,23)/t14-/m0/s1. The van der Waals surface area contributed by atoms with Crippen LogP contribution in [-0.4, -0.2) is 20.8 Å². The molecule has 0 spiro atoms. The second-order valence-corrected chi connectivity index (χ2v) is 5.96. The van der Waals surface area contributed by atoms with Crippen molar-refractivity contribution < 1.29 is 9.32 Å². The Morgan fingerprint density at radius 2 is 1.83 bits per heavy atom. The van der Waals surface area contributed by atoms with Gasteiger partial charge in [-0.3, -0.25) is 4.79 Å². The highest BCUT2D eigenvalue weighted by Gasteiger charge is 2.15. The lowest BCUT2D eigenvalue weighted by Crippen LogP contribution is -2.26. The van der Waals surface area contributed by atoms with Gasteiger partial charge >= 0.3 is 0 Å². The van der Waals surface area contributed by atoms with E-state index in [1.165, 1.54) is 0 Å². The van der Waals surface area contributed by atoms with Crippen molar-refractivity contribution in [2.75, 3.05) is 0 Å². The molecule has 1 amide bonds. The summed E-state index contributed by atoms with van der Waals surface area (Å²) in [4.78, 5) is 12.1. The fourth-order valence-corrected chi connectivity index (χ4v) is 2.62. The number of nitrogens with one attached hydrogen (secondary N) is 1. The molecule has 0 aliphatic heterocycles. The van der Waals surface area contributed by atoms with Crippen LogP contribution in [-0.2, 0) is 0 Å². The smallest absolute Gasteiger partial charge is 0.290 e. The van der Waals surface area contributed by atoms with E-state index < -0.39 is 0 Å². The number of benzene rings is 1. The highest BCUT2D eigenvalue weighted by atomic mass is 16.5. The third kappa shape index (κ3) is 3.22. The summed E-state index contributed by atoms with van der Waals surface area (Å²) in [5, 5.41) is 11.1. The summed E-state index contributed by atoms with van der Waals surface area (Å²) in [6, 6.07) is 11.5. The first-order valence-corrected chi connectivity index (χ1v) is 7.82. The van der Waals surface area contributed by atoms with E-state index in [-0.39, 0.29) is 17.7 Å². The number of hydrogen-bond donors (Lipinski definition) is 1. The molecular weight excluding hydrogens is 304 g/mol. The molecule has 1 N–H and O–H groups in total. The SMILES string of the molecule is Cc1cc(C(=O)N[C@@H](C)c2ccc(-n3nc(C)cc3C)cc2)on1. The maximum absolute atomic E-state index is 12.1. The van der Waals surface area contributed by atoms with E-state index in [0.717, 1.165) is 22.6 Å². The Morgan fingerprint density at radius 1 is 1.12 bits per heavy atom. The van der Waals surface area contributed by atoms with Gasteiger partial charge in [0, 0.05) is 11.8 Å². The molecule has 6 nitrogen and oxygen atoms in total. The Bertz CT molecular complexity index is 862. The van der Waals surface area contributed by atoms with Crippen molar-refractivity contribution in [3.8, 4) is 5.69 Å². The van der Waals surface area contributed by atoms with Crippen molar-refractivity contribution in [1.82, 2.24) is 20.3 Å². The van der Waals surface area contributed by atoms with Crippen LogP contribution in [0, 0.1) is 20.8 Å². The molecule has 3 aromatic rings. The van der Waals surface area contributed by atoms with Crippen LogP contribution in [0.15, 0.2) is 40.9 Å². The van der Waals surface area contributed by atoms with Gasteiger partial charge in [0.05, 0.1) is 23.1 Å². The molecule has 0 bridgehead atoms. The average molecular weight is 324 g/mol.